The van der Waals surface area contributed by atoms with Crippen molar-refractivity contribution < 1.29 is 19.6 Å². The molecule has 2 aromatic heterocycles. The first-order valence-electron chi connectivity index (χ1n) is 9.63. The van der Waals surface area contributed by atoms with Gasteiger partial charge < -0.3 is 15.9 Å². The van der Waals surface area contributed by atoms with Gasteiger partial charge in [0, 0.05) is 18.2 Å². The van der Waals surface area contributed by atoms with Crippen molar-refractivity contribution in [2.24, 2.45) is 5.10 Å². The van der Waals surface area contributed by atoms with Crippen LogP contribution in [0.1, 0.15) is 41.0 Å². The molecule has 13 heteroatoms. The molecule has 162 valence electrons. The van der Waals surface area contributed by atoms with Gasteiger partial charge in [0.1, 0.15) is 11.5 Å². The van der Waals surface area contributed by atoms with E-state index in [1.54, 1.807) is 0 Å². The number of rotatable bonds is 6. The van der Waals surface area contributed by atoms with Crippen molar-refractivity contribution in [3.05, 3.63) is 35.2 Å². The summed E-state index contributed by atoms with van der Waals surface area (Å²) in [5.74, 6) is -0.681. The SMILES string of the molecule is Nc1nonc1-n1nnc(C(=O)N/N=C/c2ccc(O)cc2O)c1CN1CCCCC1. The Morgan fingerprint density at radius 1 is 1.26 bits per heavy atom. The molecule has 1 saturated heterocycles. The fourth-order valence-electron chi connectivity index (χ4n) is 3.31. The molecular weight excluding hydrogens is 406 g/mol. The maximum absolute atomic E-state index is 12.8. The number of nitrogens with one attached hydrogen (secondary N) is 1. The Kier molecular flexibility index (Phi) is 5.75. The number of piperidine rings is 1. The number of phenols is 2. The van der Waals surface area contributed by atoms with Gasteiger partial charge in [-0.15, -0.1) is 5.10 Å². The molecule has 5 N–H and O–H groups in total. The molecule has 0 spiro atoms. The largest absolute Gasteiger partial charge is 0.508 e. The topological polar surface area (TPSA) is 181 Å². The summed E-state index contributed by atoms with van der Waals surface area (Å²) in [7, 11) is 0. The number of nitrogens with two attached hydrogens (primary N) is 1. The number of likely N-dealkylation sites (tertiary alicyclic amines) is 1. The summed E-state index contributed by atoms with van der Waals surface area (Å²) in [6, 6.07) is 4.02. The Balaban J connectivity index is 1.57. The highest BCUT2D eigenvalue weighted by Crippen LogP contribution is 2.21. The van der Waals surface area contributed by atoms with Gasteiger partial charge in [-0.1, -0.05) is 11.6 Å². The zero-order chi connectivity index (χ0) is 21.8. The van der Waals surface area contributed by atoms with Crippen LogP contribution in [-0.2, 0) is 6.54 Å². The third kappa shape index (κ3) is 4.45. The van der Waals surface area contributed by atoms with E-state index in [0.717, 1.165) is 25.9 Å². The molecule has 4 rings (SSSR count). The highest BCUT2D eigenvalue weighted by atomic mass is 16.6. The van der Waals surface area contributed by atoms with Gasteiger partial charge in [-0.05, 0) is 48.4 Å². The summed E-state index contributed by atoms with van der Waals surface area (Å²) < 4.78 is 5.99. The molecule has 1 aliphatic heterocycles. The Hall–Kier alpha value is -4.00. The molecule has 1 amide bonds. The van der Waals surface area contributed by atoms with Crippen LogP contribution in [0.3, 0.4) is 0 Å². The second-order valence-corrected chi connectivity index (χ2v) is 7.05. The number of hydrazone groups is 1. The zero-order valence-electron chi connectivity index (χ0n) is 16.5. The van der Waals surface area contributed by atoms with Crippen LogP contribution in [0.5, 0.6) is 11.5 Å². The minimum Gasteiger partial charge on any atom is -0.508 e. The van der Waals surface area contributed by atoms with Crippen molar-refractivity contribution in [3.8, 4) is 17.3 Å². The average molecular weight is 427 g/mol. The lowest BCUT2D eigenvalue weighted by Gasteiger charge is -2.26. The molecule has 0 aliphatic carbocycles. The van der Waals surface area contributed by atoms with Gasteiger partial charge in [0.15, 0.2) is 5.69 Å². The second-order valence-electron chi connectivity index (χ2n) is 7.05. The van der Waals surface area contributed by atoms with Gasteiger partial charge in [0.2, 0.25) is 11.6 Å². The molecule has 1 fully saturated rings. The van der Waals surface area contributed by atoms with Crippen LogP contribution in [0.25, 0.3) is 5.82 Å². The van der Waals surface area contributed by atoms with Crippen molar-refractivity contribution in [3.63, 3.8) is 0 Å². The maximum Gasteiger partial charge on any atom is 0.293 e. The van der Waals surface area contributed by atoms with E-state index >= 15 is 0 Å². The maximum atomic E-state index is 12.8. The predicted octanol–water partition coefficient (Wildman–Crippen LogP) is 0.393. The standard InChI is InChI=1S/C18H21N9O4/c19-16-17(24-31-23-16)27-13(10-26-6-2-1-3-7-26)15(21-25-27)18(30)22-20-9-11-4-5-12(28)8-14(11)29/h4-5,8-9,28-29H,1-3,6-7,10H2,(H2,19,23)(H,22,30)/b20-9+. The van der Waals surface area contributed by atoms with Crippen LogP contribution in [-0.4, -0.2) is 65.6 Å². The molecule has 13 nitrogen and oxygen atoms in total. The van der Waals surface area contributed by atoms with Gasteiger partial charge in [0.25, 0.3) is 5.91 Å². The number of aromatic hydroxyl groups is 2. The number of carbonyl (C=O) groups excluding carboxylic acids is 1. The lowest BCUT2D eigenvalue weighted by atomic mass is 10.1. The summed E-state index contributed by atoms with van der Waals surface area (Å²) in [6.07, 6.45) is 4.55. The first-order chi connectivity index (χ1) is 15.0. The van der Waals surface area contributed by atoms with E-state index in [2.05, 4.69) is 40.7 Å². The third-order valence-electron chi connectivity index (χ3n) is 4.88. The molecule has 3 heterocycles. The molecule has 31 heavy (non-hydrogen) atoms. The Morgan fingerprint density at radius 3 is 2.77 bits per heavy atom. The van der Waals surface area contributed by atoms with Crippen LogP contribution in [0.2, 0.25) is 0 Å². The monoisotopic (exact) mass is 427 g/mol. The highest BCUT2D eigenvalue weighted by molar-refractivity contribution is 5.94. The van der Waals surface area contributed by atoms with E-state index in [1.165, 1.54) is 35.5 Å². The van der Waals surface area contributed by atoms with Crippen molar-refractivity contribution in [1.82, 2.24) is 35.6 Å². The number of anilines is 1. The van der Waals surface area contributed by atoms with Crippen molar-refractivity contribution >= 4 is 17.9 Å². The summed E-state index contributed by atoms with van der Waals surface area (Å²) in [6.45, 7) is 2.18. The number of hydrogen-bond acceptors (Lipinski definition) is 11. The first-order valence-corrected chi connectivity index (χ1v) is 9.63. The van der Waals surface area contributed by atoms with Crippen LogP contribution in [0, 0.1) is 0 Å². The lowest BCUT2D eigenvalue weighted by molar-refractivity contribution is 0.0947. The van der Waals surface area contributed by atoms with E-state index in [-0.39, 0.29) is 28.8 Å². The quantitative estimate of drug-likeness (QED) is 0.317. The number of hydrogen-bond donors (Lipinski definition) is 4. The average Bonchev–Trinajstić information content (AvgIpc) is 3.36. The fourth-order valence-corrected chi connectivity index (χ4v) is 3.31. The van der Waals surface area contributed by atoms with E-state index in [1.807, 2.05) is 0 Å². The minimum atomic E-state index is -0.595. The van der Waals surface area contributed by atoms with Gasteiger partial charge >= 0.3 is 0 Å². The number of phenolic OH excluding ortho intramolecular Hbond substituents is 2. The Labute approximate surface area is 176 Å². The van der Waals surface area contributed by atoms with E-state index < -0.39 is 5.91 Å². The molecular formula is C18H21N9O4. The number of amides is 1. The van der Waals surface area contributed by atoms with E-state index in [4.69, 9.17) is 5.73 Å². The van der Waals surface area contributed by atoms with Crippen LogP contribution in [0.4, 0.5) is 5.82 Å². The number of nitrogens with zero attached hydrogens (tertiary/aromatic N) is 7. The molecule has 0 atom stereocenters. The number of aromatic nitrogens is 5. The van der Waals surface area contributed by atoms with Gasteiger partial charge in [-0.3, -0.25) is 9.69 Å². The van der Waals surface area contributed by atoms with Crippen LogP contribution >= 0.6 is 0 Å². The first kappa shape index (κ1) is 20.3. The van der Waals surface area contributed by atoms with Crippen molar-refractivity contribution in [2.45, 2.75) is 25.8 Å². The fraction of sp³-hybridized carbons (Fsp3) is 0.333. The normalized spacial score (nSPS) is 14.8. The number of benzene rings is 1. The molecule has 0 bridgehead atoms. The second kappa shape index (κ2) is 8.79. The smallest absolute Gasteiger partial charge is 0.293 e. The van der Waals surface area contributed by atoms with Crippen molar-refractivity contribution in [1.29, 1.82) is 0 Å². The Morgan fingerprint density at radius 2 is 2.06 bits per heavy atom. The lowest BCUT2D eigenvalue weighted by Crippen LogP contribution is -2.31. The van der Waals surface area contributed by atoms with Crippen molar-refractivity contribution in [2.75, 3.05) is 18.8 Å². The molecule has 1 aromatic carbocycles. The highest BCUT2D eigenvalue weighted by Gasteiger charge is 2.26. The minimum absolute atomic E-state index is 0.0255. The summed E-state index contributed by atoms with van der Waals surface area (Å²) in [4.78, 5) is 14.9. The van der Waals surface area contributed by atoms with Gasteiger partial charge in [-0.25, -0.2) is 10.1 Å². The number of carbonyl (C=O) groups is 1. The van der Waals surface area contributed by atoms with E-state index in [9.17, 15) is 15.0 Å². The van der Waals surface area contributed by atoms with Gasteiger partial charge in [0.05, 0.1) is 11.9 Å². The Bertz CT molecular complexity index is 1100. The molecule has 0 unspecified atom stereocenters. The zero-order valence-corrected chi connectivity index (χ0v) is 16.5. The number of nitrogen functional groups attached to an aromatic ring is 1. The van der Waals surface area contributed by atoms with Crippen LogP contribution < -0.4 is 11.2 Å². The summed E-state index contributed by atoms with van der Waals surface area (Å²) in [5, 5.41) is 38.3. The third-order valence-corrected chi connectivity index (χ3v) is 4.88. The molecule has 1 aliphatic rings. The summed E-state index contributed by atoms with van der Waals surface area (Å²) >= 11 is 0. The molecule has 0 radical (unpaired) electrons. The summed E-state index contributed by atoms with van der Waals surface area (Å²) in [5.41, 5.74) is 9.01. The van der Waals surface area contributed by atoms with Gasteiger partial charge in [-0.2, -0.15) is 9.78 Å². The predicted molar refractivity (Wildman–Crippen MR) is 108 cm³/mol. The van der Waals surface area contributed by atoms with Crippen LogP contribution in [0.15, 0.2) is 27.9 Å². The molecule has 3 aromatic rings. The van der Waals surface area contributed by atoms with E-state index in [0.29, 0.717) is 17.8 Å². The molecule has 0 saturated carbocycles.